The summed E-state index contributed by atoms with van der Waals surface area (Å²) in [4.78, 5) is 4.42. The van der Waals surface area contributed by atoms with Gasteiger partial charge in [-0.05, 0) is 37.8 Å². The Labute approximate surface area is 113 Å². The molecule has 0 bridgehead atoms. The fourth-order valence-electron chi connectivity index (χ4n) is 2.24. The highest BCUT2D eigenvalue weighted by Gasteiger charge is 2.17. The summed E-state index contributed by atoms with van der Waals surface area (Å²) in [6.45, 7) is 6.90. The lowest BCUT2D eigenvalue weighted by Crippen LogP contribution is -2.19. The standard InChI is InChI=1S/C14H21N3O2/c1-9(2)6-11(8-15)7-13-16-14(17-19-13)12-4-5-18-10(12)3/h4-5,9,11H,6-8,15H2,1-3H3. The molecule has 5 heteroatoms. The number of nitrogens with two attached hydrogens (primary N) is 1. The third-order valence-corrected chi connectivity index (χ3v) is 3.17. The zero-order valence-electron chi connectivity index (χ0n) is 11.7. The highest BCUT2D eigenvalue weighted by molar-refractivity contribution is 5.56. The van der Waals surface area contributed by atoms with Crippen molar-refractivity contribution in [3.8, 4) is 11.4 Å². The molecule has 1 atom stereocenters. The topological polar surface area (TPSA) is 78.1 Å². The van der Waals surface area contributed by atoms with Gasteiger partial charge in [0.05, 0.1) is 11.8 Å². The van der Waals surface area contributed by atoms with Crippen molar-refractivity contribution in [1.82, 2.24) is 10.1 Å². The molecular weight excluding hydrogens is 242 g/mol. The summed E-state index contributed by atoms with van der Waals surface area (Å²) < 4.78 is 10.5. The van der Waals surface area contributed by atoms with E-state index >= 15 is 0 Å². The first-order chi connectivity index (χ1) is 9.10. The highest BCUT2D eigenvalue weighted by Crippen LogP contribution is 2.22. The van der Waals surface area contributed by atoms with E-state index in [0.717, 1.165) is 24.2 Å². The molecule has 0 radical (unpaired) electrons. The SMILES string of the molecule is Cc1occc1-c1noc(CC(CN)CC(C)C)n1. The van der Waals surface area contributed by atoms with E-state index in [1.807, 2.05) is 13.0 Å². The lowest BCUT2D eigenvalue weighted by molar-refractivity contribution is 0.332. The smallest absolute Gasteiger partial charge is 0.227 e. The Balaban J connectivity index is 2.07. The van der Waals surface area contributed by atoms with Gasteiger partial charge >= 0.3 is 0 Å². The van der Waals surface area contributed by atoms with E-state index in [-0.39, 0.29) is 0 Å². The Morgan fingerprint density at radius 2 is 2.16 bits per heavy atom. The molecular formula is C14H21N3O2. The van der Waals surface area contributed by atoms with E-state index in [2.05, 4.69) is 24.0 Å². The summed E-state index contributed by atoms with van der Waals surface area (Å²) in [5.41, 5.74) is 6.67. The van der Waals surface area contributed by atoms with Crippen LogP contribution in [0.4, 0.5) is 0 Å². The minimum absolute atomic E-state index is 0.388. The average molecular weight is 263 g/mol. The average Bonchev–Trinajstić information content (AvgIpc) is 2.96. The van der Waals surface area contributed by atoms with Crippen LogP contribution in [-0.4, -0.2) is 16.7 Å². The molecule has 0 fully saturated rings. The van der Waals surface area contributed by atoms with Gasteiger partial charge in [-0.15, -0.1) is 0 Å². The van der Waals surface area contributed by atoms with Crippen molar-refractivity contribution in [2.45, 2.75) is 33.6 Å². The minimum Gasteiger partial charge on any atom is -0.469 e. The first-order valence-electron chi connectivity index (χ1n) is 6.67. The van der Waals surface area contributed by atoms with Crippen molar-refractivity contribution >= 4 is 0 Å². The van der Waals surface area contributed by atoms with Crippen LogP contribution in [0.3, 0.4) is 0 Å². The van der Waals surface area contributed by atoms with Gasteiger partial charge in [0.25, 0.3) is 0 Å². The number of hydrogen-bond donors (Lipinski definition) is 1. The molecule has 19 heavy (non-hydrogen) atoms. The van der Waals surface area contributed by atoms with Crippen LogP contribution < -0.4 is 5.73 Å². The Bertz CT molecular complexity index is 516. The van der Waals surface area contributed by atoms with Gasteiger partial charge in [0.1, 0.15) is 5.76 Å². The van der Waals surface area contributed by atoms with Crippen LogP contribution >= 0.6 is 0 Å². The molecule has 0 amide bonds. The van der Waals surface area contributed by atoms with Gasteiger partial charge in [0, 0.05) is 6.42 Å². The molecule has 0 aliphatic rings. The van der Waals surface area contributed by atoms with Crippen LogP contribution in [0, 0.1) is 18.8 Å². The summed E-state index contributed by atoms with van der Waals surface area (Å²) in [5.74, 6) is 3.03. The van der Waals surface area contributed by atoms with Gasteiger partial charge in [-0.25, -0.2) is 0 Å². The molecule has 0 aromatic carbocycles. The van der Waals surface area contributed by atoms with E-state index < -0.39 is 0 Å². The van der Waals surface area contributed by atoms with Crippen molar-refractivity contribution in [3.05, 3.63) is 24.0 Å². The van der Waals surface area contributed by atoms with E-state index in [0.29, 0.717) is 30.1 Å². The van der Waals surface area contributed by atoms with Gasteiger partial charge in [-0.2, -0.15) is 4.98 Å². The molecule has 0 saturated carbocycles. The normalized spacial score (nSPS) is 13.1. The van der Waals surface area contributed by atoms with Crippen molar-refractivity contribution in [2.75, 3.05) is 6.54 Å². The zero-order valence-corrected chi connectivity index (χ0v) is 11.7. The first kappa shape index (κ1) is 13.8. The van der Waals surface area contributed by atoms with Crippen LogP contribution in [0.15, 0.2) is 21.3 Å². The Hall–Kier alpha value is -1.62. The highest BCUT2D eigenvalue weighted by atomic mass is 16.5. The maximum absolute atomic E-state index is 5.79. The fourth-order valence-corrected chi connectivity index (χ4v) is 2.24. The van der Waals surface area contributed by atoms with Crippen molar-refractivity contribution in [2.24, 2.45) is 17.6 Å². The molecule has 2 aromatic heterocycles. The van der Waals surface area contributed by atoms with Crippen molar-refractivity contribution < 1.29 is 8.94 Å². The molecule has 0 spiro atoms. The van der Waals surface area contributed by atoms with Gasteiger partial charge in [0.2, 0.25) is 11.7 Å². The third kappa shape index (κ3) is 3.44. The number of rotatable bonds is 6. The predicted molar refractivity (Wildman–Crippen MR) is 72.4 cm³/mol. The molecule has 104 valence electrons. The summed E-state index contributed by atoms with van der Waals surface area (Å²) >= 11 is 0. The summed E-state index contributed by atoms with van der Waals surface area (Å²) in [5, 5.41) is 4.00. The van der Waals surface area contributed by atoms with Gasteiger partial charge in [-0.1, -0.05) is 19.0 Å². The number of aromatic nitrogens is 2. The van der Waals surface area contributed by atoms with Gasteiger partial charge in [0.15, 0.2) is 0 Å². The van der Waals surface area contributed by atoms with E-state index in [4.69, 9.17) is 14.7 Å². The Morgan fingerprint density at radius 1 is 1.37 bits per heavy atom. The zero-order chi connectivity index (χ0) is 13.8. The summed E-state index contributed by atoms with van der Waals surface area (Å²) in [6.07, 6.45) is 3.43. The number of nitrogens with zero attached hydrogens (tertiary/aromatic N) is 2. The van der Waals surface area contributed by atoms with E-state index in [1.165, 1.54) is 0 Å². The fraction of sp³-hybridized carbons (Fsp3) is 0.571. The maximum Gasteiger partial charge on any atom is 0.227 e. The summed E-state index contributed by atoms with van der Waals surface area (Å²) in [7, 11) is 0. The monoisotopic (exact) mass is 263 g/mol. The lowest BCUT2D eigenvalue weighted by Gasteiger charge is -2.14. The van der Waals surface area contributed by atoms with Crippen molar-refractivity contribution in [1.29, 1.82) is 0 Å². The maximum atomic E-state index is 5.79. The molecule has 0 saturated heterocycles. The van der Waals surface area contributed by atoms with E-state index in [1.54, 1.807) is 6.26 Å². The molecule has 0 aliphatic carbocycles. The molecule has 2 heterocycles. The molecule has 0 aliphatic heterocycles. The Morgan fingerprint density at radius 3 is 2.74 bits per heavy atom. The lowest BCUT2D eigenvalue weighted by atomic mass is 9.94. The van der Waals surface area contributed by atoms with Crippen LogP contribution in [0.25, 0.3) is 11.4 Å². The molecule has 2 rings (SSSR count). The Kier molecular flexibility index (Phi) is 4.37. The van der Waals surface area contributed by atoms with Crippen LogP contribution in [0.1, 0.15) is 31.9 Å². The third-order valence-electron chi connectivity index (χ3n) is 3.17. The molecule has 1 unspecified atom stereocenters. The summed E-state index contributed by atoms with van der Waals surface area (Å²) in [6, 6.07) is 1.85. The van der Waals surface area contributed by atoms with Gasteiger partial charge in [-0.3, -0.25) is 0 Å². The van der Waals surface area contributed by atoms with Crippen LogP contribution in [0.2, 0.25) is 0 Å². The molecule has 2 N–H and O–H groups in total. The van der Waals surface area contributed by atoms with Crippen LogP contribution in [-0.2, 0) is 6.42 Å². The number of hydrogen-bond acceptors (Lipinski definition) is 5. The quantitative estimate of drug-likeness (QED) is 0.867. The van der Waals surface area contributed by atoms with Gasteiger partial charge < -0.3 is 14.7 Å². The number of furan rings is 1. The first-order valence-corrected chi connectivity index (χ1v) is 6.67. The van der Waals surface area contributed by atoms with E-state index in [9.17, 15) is 0 Å². The van der Waals surface area contributed by atoms with Crippen LogP contribution in [0.5, 0.6) is 0 Å². The molecule has 2 aromatic rings. The second-order valence-corrected chi connectivity index (χ2v) is 5.34. The predicted octanol–water partition coefficient (Wildman–Crippen LogP) is 2.80. The van der Waals surface area contributed by atoms with Crippen molar-refractivity contribution in [3.63, 3.8) is 0 Å². The largest absolute Gasteiger partial charge is 0.469 e. The number of aryl methyl sites for hydroxylation is 1. The second-order valence-electron chi connectivity index (χ2n) is 5.34. The molecule has 5 nitrogen and oxygen atoms in total. The minimum atomic E-state index is 0.388. The second kappa shape index (κ2) is 6.02.